The molecule has 0 bridgehead atoms. The van der Waals surface area contributed by atoms with Gasteiger partial charge < -0.3 is 11.1 Å². The zero-order chi connectivity index (χ0) is 13.8. The van der Waals surface area contributed by atoms with Gasteiger partial charge in [-0.3, -0.25) is 4.79 Å². The summed E-state index contributed by atoms with van der Waals surface area (Å²) in [6.45, 7) is 6.54. The maximum Gasteiger partial charge on any atom is 0.252 e. The second kappa shape index (κ2) is 6.25. The lowest BCUT2D eigenvalue weighted by Crippen LogP contribution is -2.55. The van der Waals surface area contributed by atoms with Crippen LogP contribution >= 0.6 is 11.8 Å². The zero-order valence-electron chi connectivity index (χ0n) is 11.5. The maximum absolute atomic E-state index is 12.3. The molecule has 0 aromatic heterocycles. The van der Waals surface area contributed by atoms with Gasteiger partial charge in [-0.05, 0) is 31.2 Å². The first-order valence-corrected chi connectivity index (χ1v) is 7.32. The van der Waals surface area contributed by atoms with Crippen LogP contribution < -0.4 is 11.1 Å². The standard InChI is InChI=1S/C14H22N2OS/c1-10(2)14(3,9-15)16-13(17)11-7-5-6-8-12(11)18-4/h5-8,10H,9,15H2,1-4H3,(H,16,17). The number of hydrogen-bond acceptors (Lipinski definition) is 3. The Morgan fingerprint density at radius 1 is 1.44 bits per heavy atom. The molecule has 1 aromatic rings. The quantitative estimate of drug-likeness (QED) is 0.805. The minimum Gasteiger partial charge on any atom is -0.345 e. The Labute approximate surface area is 114 Å². The zero-order valence-corrected chi connectivity index (χ0v) is 12.3. The molecular weight excluding hydrogens is 244 g/mol. The van der Waals surface area contributed by atoms with Gasteiger partial charge in [0, 0.05) is 11.4 Å². The lowest BCUT2D eigenvalue weighted by molar-refractivity contribution is 0.0880. The number of nitrogens with two attached hydrogens (primary N) is 1. The summed E-state index contributed by atoms with van der Waals surface area (Å²) < 4.78 is 0. The summed E-state index contributed by atoms with van der Waals surface area (Å²) in [5.41, 5.74) is 6.13. The predicted octanol–water partition coefficient (Wildman–Crippen LogP) is 2.51. The summed E-state index contributed by atoms with van der Waals surface area (Å²) >= 11 is 1.57. The molecule has 0 aliphatic rings. The van der Waals surface area contributed by atoms with E-state index in [1.807, 2.05) is 37.4 Å². The van der Waals surface area contributed by atoms with Crippen molar-refractivity contribution in [3.05, 3.63) is 29.8 Å². The second-order valence-corrected chi connectivity index (χ2v) is 5.78. The molecule has 1 unspecified atom stereocenters. The third-order valence-corrected chi connectivity index (χ3v) is 4.24. The molecule has 3 N–H and O–H groups in total. The van der Waals surface area contributed by atoms with Crippen LogP contribution in [0.1, 0.15) is 31.1 Å². The Kier molecular flexibility index (Phi) is 5.23. The van der Waals surface area contributed by atoms with Crippen molar-refractivity contribution in [2.75, 3.05) is 12.8 Å². The number of carbonyl (C=O) groups excluding carboxylic acids is 1. The highest BCUT2D eigenvalue weighted by molar-refractivity contribution is 7.98. The Morgan fingerprint density at radius 3 is 2.56 bits per heavy atom. The van der Waals surface area contributed by atoms with E-state index in [9.17, 15) is 4.79 Å². The molecule has 0 fully saturated rings. The average molecular weight is 266 g/mol. The van der Waals surface area contributed by atoms with Gasteiger partial charge in [-0.1, -0.05) is 26.0 Å². The van der Waals surface area contributed by atoms with Crippen molar-refractivity contribution >= 4 is 17.7 Å². The molecule has 0 aliphatic heterocycles. The van der Waals surface area contributed by atoms with Crippen LogP contribution in [0.5, 0.6) is 0 Å². The van der Waals surface area contributed by atoms with Gasteiger partial charge in [0.1, 0.15) is 0 Å². The van der Waals surface area contributed by atoms with Gasteiger partial charge in [-0.2, -0.15) is 0 Å². The summed E-state index contributed by atoms with van der Waals surface area (Å²) in [7, 11) is 0. The Morgan fingerprint density at radius 2 is 2.06 bits per heavy atom. The van der Waals surface area contributed by atoms with Crippen molar-refractivity contribution in [3.63, 3.8) is 0 Å². The smallest absolute Gasteiger partial charge is 0.252 e. The summed E-state index contributed by atoms with van der Waals surface area (Å²) in [6, 6.07) is 7.62. The van der Waals surface area contributed by atoms with Gasteiger partial charge >= 0.3 is 0 Å². The van der Waals surface area contributed by atoms with Crippen LogP contribution in [0.4, 0.5) is 0 Å². The lowest BCUT2D eigenvalue weighted by atomic mass is 9.88. The molecule has 100 valence electrons. The fraction of sp³-hybridized carbons (Fsp3) is 0.500. The van der Waals surface area contributed by atoms with Crippen molar-refractivity contribution in [1.82, 2.24) is 5.32 Å². The van der Waals surface area contributed by atoms with Crippen LogP contribution in [0.2, 0.25) is 0 Å². The van der Waals surface area contributed by atoms with E-state index in [0.29, 0.717) is 12.1 Å². The summed E-state index contributed by atoms with van der Waals surface area (Å²) in [4.78, 5) is 13.3. The van der Waals surface area contributed by atoms with Gasteiger partial charge in [-0.15, -0.1) is 11.8 Å². The van der Waals surface area contributed by atoms with E-state index in [1.165, 1.54) is 0 Å². The molecule has 1 amide bonds. The van der Waals surface area contributed by atoms with Crippen molar-refractivity contribution in [2.45, 2.75) is 31.2 Å². The number of nitrogens with one attached hydrogen (secondary N) is 1. The normalized spacial score (nSPS) is 14.3. The topological polar surface area (TPSA) is 55.1 Å². The minimum atomic E-state index is -0.372. The highest BCUT2D eigenvalue weighted by Gasteiger charge is 2.29. The number of amides is 1. The summed E-state index contributed by atoms with van der Waals surface area (Å²) in [6.07, 6.45) is 1.97. The first-order chi connectivity index (χ1) is 8.44. The van der Waals surface area contributed by atoms with Crippen LogP contribution in [-0.2, 0) is 0 Å². The second-order valence-electron chi connectivity index (χ2n) is 4.93. The first kappa shape index (κ1) is 15.1. The van der Waals surface area contributed by atoms with Crippen LogP contribution in [0.15, 0.2) is 29.2 Å². The van der Waals surface area contributed by atoms with Crippen LogP contribution in [0, 0.1) is 5.92 Å². The molecule has 4 heteroatoms. The highest BCUT2D eigenvalue weighted by Crippen LogP contribution is 2.22. The van der Waals surface area contributed by atoms with Crippen molar-refractivity contribution in [2.24, 2.45) is 11.7 Å². The number of carbonyl (C=O) groups is 1. The van der Waals surface area contributed by atoms with E-state index in [4.69, 9.17) is 5.73 Å². The van der Waals surface area contributed by atoms with Gasteiger partial charge in [0.05, 0.1) is 11.1 Å². The molecule has 0 radical (unpaired) electrons. The Bertz CT molecular complexity index is 420. The van der Waals surface area contributed by atoms with Gasteiger partial charge in [0.25, 0.3) is 5.91 Å². The monoisotopic (exact) mass is 266 g/mol. The summed E-state index contributed by atoms with van der Waals surface area (Å²) in [5.74, 6) is 0.231. The largest absolute Gasteiger partial charge is 0.345 e. The first-order valence-electron chi connectivity index (χ1n) is 6.10. The van der Waals surface area contributed by atoms with E-state index < -0.39 is 0 Å². The number of hydrogen-bond donors (Lipinski definition) is 2. The average Bonchev–Trinajstić information content (AvgIpc) is 2.38. The molecule has 1 atom stereocenters. The number of benzene rings is 1. The van der Waals surface area contributed by atoms with Crippen molar-refractivity contribution < 1.29 is 4.79 Å². The number of thioether (sulfide) groups is 1. The SMILES string of the molecule is CSc1ccccc1C(=O)NC(C)(CN)C(C)C. The van der Waals surface area contributed by atoms with E-state index >= 15 is 0 Å². The molecule has 0 saturated carbocycles. The molecule has 1 aromatic carbocycles. The third kappa shape index (κ3) is 3.27. The maximum atomic E-state index is 12.3. The molecule has 0 aliphatic carbocycles. The fourth-order valence-corrected chi connectivity index (χ4v) is 2.19. The lowest BCUT2D eigenvalue weighted by Gasteiger charge is -2.33. The predicted molar refractivity (Wildman–Crippen MR) is 78.0 cm³/mol. The van der Waals surface area contributed by atoms with Crippen molar-refractivity contribution in [3.8, 4) is 0 Å². The molecule has 3 nitrogen and oxygen atoms in total. The molecule has 0 heterocycles. The van der Waals surface area contributed by atoms with Gasteiger partial charge in [0.2, 0.25) is 0 Å². The molecule has 1 rings (SSSR count). The van der Waals surface area contributed by atoms with E-state index in [2.05, 4.69) is 19.2 Å². The third-order valence-electron chi connectivity index (χ3n) is 3.45. The molecule has 0 saturated heterocycles. The van der Waals surface area contributed by atoms with Gasteiger partial charge in [0.15, 0.2) is 0 Å². The fourth-order valence-electron chi connectivity index (χ4n) is 1.59. The van der Waals surface area contributed by atoms with Crippen LogP contribution in [0.3, 0.4) is 0 Å². The number of rotatable bonds is 5. The van der Waals surface area contributed by atoms with Gasteiger partial charge in [-0.25, -0.2) is 0 Å². The van der Waals surface area contributed by atoms with Crippen LogP contribution in [0.25, 0.3) is 0 Å². The molecule has 18 heavy (non-hydrogen) atoms. The van der Waals surface area contributed by atoms with Crippen LogP contribution in [-0.4, -0.2) is 24.2 Å². The summed E-state index contributed by atoms with van der Waals surface area (Å²) in [5, 5.41) is 3.06. The highest BCUT2D eigenvalue weighted by atomic mass is 32.2. The molecular formula is C14H22N2OS. The molecule has 0 spiro atoms. The van der Waals surface area contributed by atoms with E-state index in [1.54, 1.807) is 11.8 Å². The Balaban J connectivity index is 2.95. The van der Waals surface area contributed by atoms with E-state index in [-0.39, 0.29) is 17.4 Å². The van der Waals surface area contributed by atoms with Crippen molar-refractivity contribution in [1.29, 1.82) is 0 Å². The van der Waals surface area contributed by atoms with E-state index in [0.717, 1.165) is 4.90 Å². The Hall–Kier alpha value is -1.00. The minimum absolute atomic E-state index is 0.0541.